The Morgan fingerprint density at radius 2 is 1.80 bits per heavy atom. The van der Waals surface area contributed by atoms with Gasteiger partial charge in [0.1, 0.15) is 5.54 Å². The summed E-state index contributed by atoms with van der Waals surface area (Å²) in [5.74, 6) is 1.26. The van der Waals surface area contributed by atoms with Crippen LogP contribution in [0.2, 0.25) is 0 Å². The molecule has 1 aliphatic rings. The van der Waals surface area contributed by atoms with Crippen LogP contribution in [0.4, 0.5) is 0 Å². The summed E-state index contributed by atoms with van der Waals surface area (Å²) in [5.41, 5.74) is 0.288. The minimum absolute atomic E-state index is 0.0351. The van der Waals surface area contributed by atoms with Crippen LogP contribution in [0.3, 0.4) is 0 Å². The lowest BCUT2D eigenvalue weighted by Crippen LogP contribution is -2.60. The van der Waals surface area contributed by atoms with Crippen LogP contribution in [0.25, 0.3) is 11.6 Å². The van der Waals surface area contributed by atoms with E-state index in [9.17, 15) is 9.59 Å². The highest BCUT2D eigenvalue weighted by Gasteiger charge is 2.42. The van der Waals surface area contributed by atoms with Crippen molar-refractivity contribution in [3.05, 3.63) is 54.3 Å². The summed E-state index contributed by atoms with van der Waals surface area (Å²) in [6.45, 7) is 5.79. The van der Waals surface area contributed by atoms with Crippen LogP contribution in [0.15, 0.2) is 58.3 Å². The van der Waals surface area contributed by atoms with Crippen molar-refractivity contribution >= 4 is 23.6 Å². The smallest absolute Gasteiger partial charge is 0.248 e. The monoisotopic (exact) mass is 495 g/mol. The van der Waals surface area contributed by atoms with E-state index in [2.05, 4.69) is 15.5 Å². The van der Waals surface area contributed by atoms with Crippen molar-refractivity contribution in [2.75, 3.05) is 18.8 Å². The minimum atomic E-state index is -0.807. The average molecular weight is 496 g/mol. The Kier molecular flexibility index (Phi) is 8.28. The van der Waals surface area contributed by atoms with Gasteiger partial charge in [-0.3, -0.25) is 14.2 Å². The molecule has 2 amide bonds. The van der Waals surface area contributed by atoms with Crippen molar-refractivity contribution in [2.24, 2.45) is 0 Å². The first-order valence-corrected chi connectivity index (χ1v) is 13.3. The summed E-state index contributed by atoms with van der Waals surface area (Å²) in [5, 5.41) is 12.5. The highest BCUT2D eigenvalue weighted by Crippen LogP contribution is 2.31. The van der Waals surface area contributed by atoms with Gasteiger partial charge in [0.05, 0.1) is 18.6 Å². The number of nitrogens with zero attached hydrogens (tertiary/aromatic N) is 4. The van der Waals surface area contributed by atoms with Gasteiger partial charge in [0, 0.05) is 13.1 Å². The fourth-order valence-corrected chi connectivity index (χ4v) is 5.42. The average Bonchev–Trinajstić information content (AvgIpc) is 3.55. The van der Waals surface area contributed by atoms with Gasteiger partial charge in [-0.15, -0.1) is 10.2 Å². The first-order chi connectivity index (χ1) is 17.1. The second-order valence-corrected chi connectivity index (χ2v) is 9.75. The number of hydrogen-bond donors (Lipinski definition) is 1. The van der Waals surface area contributed by atoms with Gasteiger partial charge in [-0.2, -0.15) is 0 Å². The molecule has 1 saturated carbocycles. The molecule has 0 spiro atoms. The SMILES string of the molecule is CCN(CC)C(=O)C1(NC(=O)CSc2nnc(-c3ccco3)n2Cc2ccccc2)CCCCC1. The number of benzene rings is 1. The third-order valence-corrected chi connectivity index (χ3v) is 7.49. The van der Waals surface area contributed by atoms with E-state index in [-0.39, 0.29) is 17.6 Å². The molecule has 0 bridgehead atoms. The van der Waals surface area contributed by atoms with Crippen LogP contribution in [-0.4, -0.2) is 55.9 Å². The first-order valence-electron chi connectivity index (χ1n) is 12.3. The van der Waals surface area contributed by atoms with Gasteiger partial charge < -0.3 is 14.6 Å². The summed E-state index contributed by atoms with van der Waals surface area (Å²) in [4.78, 5) is 28.3. The van der Waals surface area contributed by atoms with E-state index in [0.29, 0.717) is 49.2 Å². The lowest BCUT2D eigenvalue weighted by Gasteiger charge is -2.40. The van der Waals surface area contributed by atoms with Crippen molar-refractivity contribution in [3.8, 4) is 11.6 Å². The molecule has 1 aromatic carbocycles. The van der Waals surface area contributed by atoms with Gasteiger partial charge in [-0.05, 0) is 44.4 Å². The number of carbonyl (C=O) groups is 2. The molecule has 0 saturated heterocycles. The Balaban J connectivity index is 1.50. The molecule has 2 heterocycles. The number of furan rings is 1. The molecule has 9 heteroatoms. The van der Waals surface area contributed by atoms with Crippen molar-refractivity contribution < 1.29 is 14.0 Å². The molecule has 3 aromatic rings. The zero-order valence-electron chi connectivity index (χ0n) is 20.4. The Morgan fingerprint density at radius 3 is 2.46 bits per heavy atom. The highest BCUT2D eigenvalue weighted by molar-refractivity contribution is 7.99. The molecular weight excluding hydrogens is 462 g/mol. The topological polar surface area (TPSA) is 93.3 Å². The Labute approximate surface area is 210 Å². The Hall–Kier alpha value is -3.07. The summed E-state index contributed by atoms with van der Waals surface area (Å²) in [7, 11) is 0. The second kappa shape index (κ2) is 11.6. The predicted octanol–water partition coefficient (Wildman–Crippen LogP) is 4.37. The number of aromatic nitrogens is 3. The maximum atomic E-state index is 13.4. The van der Waals surface area contributed by atoms with Gasteiger partial charge in [0.25, 0.3) is 0 Å². The minimum Gasteiger partial charge on any atom is -0.461 e. The molecule has 0 aliphatic heterocycles. The number of rotatable bonds is 10. The van der Waals surface area contributed by atoms with Crippen LogP contribution < -0.4 is 5.32 Å². The summed E-state index contributed by atoms with van der Waals surface area (Å²) >= 11 is 1.32. The molecule has 8 nitrogen and oxygen atoms in total. The first kappa shape index (κ1) is 25.0. The molecule has 4 rings (SSSR count). The zero-order valence-corrected chi connectivity index (χ0v) is 21.2. The molecule has 35 heavy (non-hydrogen) atoms. The van der Waals surface area contributed by atoms with E-state index in [0.717, 1.165) is 24.8 Å². The summed E-state index contributed by atoms with van der Waals surface area (Å²) in [6, 6.07) is 13.7. The van der Waals surface area contributed by atoms with Crippen LogP contribution in [0.1, 0.15) is 51.5 Å². The maximum absolute atomic E-state index is 13.4. The Morgan fingerprint density at radius 1 is 1.06 bits per heavy atom. The van der Waals surface area contributed by atoms with Crippen molar-refractivity contribution in [2.45, 2.75) is 63.2 Å². The zero-order chi connectivity index (χ0) is 24.7. The van der Waals surface area contributed by atoms with Crippen LogP contribution in [-0.2, 0) is 16.1 Å². The van der Waals surface area contributed by atoms with E-state index in [1.165, 1.54) is 11.8 Å². The van der Waals surface area contributed by atoms with Gasteiger partial charge in [-0.25, -0.2) is 0 Å². The Bertz CT molecular complexity index is 1100. The normalized spacial score (nSPS) is 15.0. The number of hydrogen-bond acceptors (Lipinski definition) is 6. The number of carbonyl (C=O) groups excluding carboxylic acids is 2. The maximum Gasteiger partial charge on any atom is 0.248 e. The van der Waals surface area contributed by atoms with Gasteiger partial charge in [-0.1, -0.05) is 61.4 Å². The molecular formula is C26H33N5O3S. The van der Waals surface area contributed by atoms with E-state index in [1.807, 2.05) is 65.8 Å². The van der Waals surface area contributed by atoms with Crippen LogP contribution >= 0.6 is 11.8 Å². The number of likely N-dealkylation sites (N-methyl/N-ethyl adjacent to an activating group) is 1. The van der Waals surface area contributed by atoms with Crippen LogP contribution in [0.5, 0.6) is 0 Å². The number of thioether (sulfide) groups is 1. The van der Waals surface area contributed by atoms with Crippen molar-refractivity contribution in [1.29, 1.82) is 0 Å². The quantitative estimate of drug-likeness (QED) is 0.420. The third-order valence-electron chi connectivity index (χ3n) is 6.52. The fourth-order valence-electron chi connectivity index (χ4n) is 4.69. The molecule has 186 valence electrons. The molecule has 0 unspecified atom stereocenters. The lowest BCUT2D eigenvalue weighted by atomic mass is 9.80. The van der Waals surface area contributed by atoms with E-state index in [1.54, 1.807) is 6.26 Å². The molecule has 1 N–H and O–H groups in total. The van der Waals surface area contributed by atoms with Gasteiger partial charge in [0.2, 0.25) is 17.6 Å². The van der Waals surface area contributed by atoms with E-state index < -0.39 is 5.54 Å². The second-order valence-electron chi connectivity index (χ2n) is 8.81. The summed E-state index contributed by atoms with van der Waals surface area (Å²) in [6.07, 6.45) is 5.96. The molecule has 0 atom stereocenters. The van der Waals surface area contributed by atoms with Crippen molar-refractivity contribution in [1.82, 2.24) is 25.0 Å². The van der Waals surface area contributed by atoms with Gasteiger partial charge >= 0.3 is 0 Å². The van der Waals surface area contributed by atoms with Gasteiger partial charge in [0.15, 0.2) is 10.9 Å². The van der Waals surface area contributed by atoms with Crippen molar-refractivity contribution in [3.63, 3.8) is 0 Å². The van der Waals surface area contributed by atoms with Crippen LogP contribution in [0, 0.1) is 0 Å². The largest absolute Gasteiger partial charge is 0.461 e. The standard InChI is InChI=1S/C26H33N5O3S/c1-3-30(4-2)24(33)26(15-9-6-10-16-26)27-22(32)19-35-25-29-28-23(21-14-11-17-34-21)31(25)18-20-12-7-5-8-13-20/h5,7-8,11-14,17H,3-4,6,9-10,15-16,18-19H2,1-2H3,(H,27,32). The molecule has 1 fully saturated rings. The number of nitrogens with one attached hydrogen (secondary N) is 1. The highest BCUT2D eigenvalue weighted by atomic mass is 32.2. The molecule has 0 radical (unpaired) electrons. The van der Waals surface area contributed by atoms with E-state index in [4.69, 9.17) is 4.42 Å². The number of amides is 2. The fraction of sp³-hybridized carbons (Fsp3) is 0.462. The lowest BCUT2D eigenvalue weighted by molar-refractivity contribution is -0.142. The third kappa shape index (κ3) is 5.78. The molecule has 2 aromatic heterocycles. The summed E-state index contributed by atoms with van der Waals surface area (Å²) < 4.78 is 7.53. The predicted molar refractivity (Wildman–Crippen MR) is 136 cm³/mol. The van der Waals surface area contributed by atoms with E-state index >= 15 is 0 Å². The molecule has 1 aliphatic carbocycles.